The van der Waals surface area contributed by atoms with Crippen molar-refractivity contribution in [1.29, 1.82) is 0 Å². The van der Waals surface area contributed by atoms with Gasteiger partial charge >= 0.3 is 0 Å². The lowest BCUT2D eigenvalue weighted by atomic mass is 9.67. The van der Waals surface area contributed by atoms with E-state index in [2.05, 4.69) is 0 Å². The predicted octanol–water partition coefficient (Wildman–Crippen LogP) is 1.65. The van der Waals surface area contributed by atoms with Gasteiger partial charge in [0.1, 0.15) is 0 Å². The van der Waals surface area contributed by atoms with Crippen LogP contribution in [0.4, 0.5) is 0 Å². The van der Waals surface area contributed by atoms with E-state index in [-0.39, 0.29) is 0 Å². The first-order valence-electron chi connectivity index (χ1n) is 4.87. The molecule has 0 aliphatic rings. The number of aliphatic hydroxyl groups is 2. The van der Waals surface area contributed by atoms with Gasteiger partial charge in [-0.1, -0.05) is 13.8 Å². The fraction of sp³-hybridized carbons (Fsp3) is 0.909. The van der Waals surface area contributed by atoms with Gasteiger partial charge in [-0.25, -0.2) is 0 Å². The summed E-state index contributed by atoms with van der Waals surface area (Å²) in [6, 6.07) is 0. The molecule has 92 valence electrons. The van der Waals surface area contributed by atoms with Gasteiger partial charge < -0.3 is 15.3 Å². The van der Waals surface area contributed by atoms with Gasteiger partial charge in [0, 0.05) is 12.3 Å². The summed E-state index contributed by atoms with van der Waals surface area (Å²) in [6.07, 6.45) is 0. The van der Waals surface area contributed by atoms with Crippen LogP contribution in [-0.4, -0.2) is 32.5 Å². The molecule has 0 aliphatic carbocycles. The lowest BCUT2D eigenvalue weighted by molar-refractivity contribution is -0.146. The second-order valence-corrected chi connectivity index (χ2v) is 5.26. The van der Waals surface area contributed by atoms with Crippen LogP contribution < -0.4 is 0 Å². The van der Waals surface area contributed by atoms with Gasteiger partial charge in [0.05, 0.1) is 11.2 Å². The smallest absolute Gasteiger partial charge is 0.300 e. The summed E-state index contributed by atoms with van der Waals surface area (Å²) in [6.45, 7) is 11.6. The summed E-state index contributed by atoms with van der Waals surface area (Å²) in [4.78, 5) is 9.00. The second-order valence-electron chi connectivity index (χ2n) is 5.26. The van der Waals surface area contributed by atoms with Crippen LogP contribution in [0.25, 0.3) is 0 Å². The second kappa shape index (κ2) is 4.94. The molecule has 0 heterocycles. The van der Waals surface area contributed by atoms with Crippen molar-refractivity contribution in [3.8, 4) is 0 Å². The van der Waals surface area contributed by atoms with E-state index in [9.17, 15) is 10.2 Å². The third kappa shape index (κ3) is 5.74. The van der Waals surface area contributed by atoms with Crippen LogP contribution >= 0.6 is 0 Å². The van der Waals surface area contributed by atoms with E-state index in [0.29, 0.717) is 0 Å². The molecule has 15 heavy (non-hydrogen) atoms. The van der Waals surface area contributed by atoms with Crippen LogP contribution in [0.3, 0.4) is 0 Å². The highest BCUT2D eigenvalue weighted by atomic mass is 16.4. The Labute approximate surface area is 91.9 Å². The Balaban J connectivity index is 0. The molecule has 0 rings (SSSR count). The topological polar surface area (TPSA) is 77.8 Å². The molecule has 0 saturated heterocycles. The third-order valence-corrected chi connectivity index (χ3v) is 3.06. The molecule has 0 bridgehead atoms. The van der Waals surface area contributed by atoms with Gasteiger partial charge in [-0.15, -0.1) is 0 Å². The van der Waals surface area contributed by atoms with Crippen molar-refractivity contribution >= 4 is 5.97 Å². The first-order valence-corrected chi connectivity index (χ1v) is 4.87. The van der Waals surface area contributed by atoms with Gasteiger partial charge in [0.15, 0.2) is 0 Å². The number of carbonyl (C=O) groups is 1. The number of carboxylic acid groups (broad SMARTS) is 1. The maximum Gasteiger partial charge on any atom is 0.300 e. The fourth-order valence-electron chi connectivity index (χ4n) is 0.749. The molecule has 0 aliphatic heterocycles. The van der Waals surface area contributed by atoms with E-state index < -0.39 is 22.6 Å². The van der Waals surface area contributed by atoms with Gasteiger partial charge in [-0.2, -0.15) is 0 Å². The van der Waals surface area contributed by atoms with E-state index >= 15 is 0 Å². The van der Waals surface area contributed by atoms with Crippen LogP contribution in [0.2, 0.25) is 0 Å². The average Bonchev–Trinajstić information content (AvgIpc) is 1.79. The van der Waals surface area contributed by atoms with Crippen LogP contribution in [0.1, 0.15) is 48.5 Å². The van der Waals surface area contributed by atoms with Crippen LogP contribution in [0, 0.1) is 5.41 Å². The van der Waals surface area contributed by atoms with Crippen molar-refractivity contribution in [2.24, 2.45) is 5.41 Å². The molecule has 0 aromatic carbocycles. The number of aliphatic carboxylic acids is 1. The minimum atomic E-state index is -0.870. The standard InChI is InChI=1S/C9H20O2.C2H4O2/c1-7(2,8(3,4)10)9(5,6)11;1-2(3)4/h10-11H,1-6H3;1H3,(H,3,4). The Morgan fingerprint density at radius 3 is 1.00 bits per heavy atom. The molecule has 0 radical (unpaired) electrons. The van der Waals surface area contributed by atoms with E-state index in [1.54, 1.807) is 27.7 Å². The maximum absolute atomic E-state index is 9.72. The third-order valence-electron chi connectivity index (χ3n) is 3.06. The van der Waals surface area contributed by atoms with Crippen molar-refractivity contribution in [2.45, 2.75) is 59.7 Å². The normalized spacial score (nSPS) is 12.9. The zero-order chi connectivity index (χ0) is 13.1. The number of carboxylic acids is 1. The lowest BCUT2D eigenvalue weighted by Gasteiger charge is -2.46. The van der Waals surface area contributed by atoms with Crippen molar-refractivity contribution in [3.05, 3.63) is 0 Å². The van der Waals surface area contributed by atoms with Gasteiger partial charge in [-0.05, 0) is 27.7 Å². The van der Waals surface area contributed by atoms with Crippen molar-refractivity contribution in [3.63, 3.8) is 0 Å². The summed E-state index contributed by atoms with van der Waals surface area (Å²) in [5.41, 5.74) is -2.25. The predicted molar refractivity (Wildman–Crippen MR) is 59.7 cm³/mol. The minimum absolute atomic E-state index is 0.514. The molecule has 0 aromatic rings. The number of rotatable bonds is 2. The Kier molecular flexibility index (Phi) is 5.54. The molecular formula is C11H24O4. The maximum atomic E-state index is 9.72. The number of hydrogen-bond donors (Lipinski definition) is 3. The molecule has 0 amide bonds. The molecular weight excluding hydrogens is 196 g/mol. The van der Waals surface area contributed by atoms with Gasteiger partial charge in [0.25, 0.3) is 5.97 Å². The van der Waals surface area contributed by atoms with E-state index in [4.69, 9.17) is 9.90 Å². The first kappa shape index (κ1) is 16.8. The van der Waals surface area contributed by atoms with Crippen molar-refractivity contribution < 1.29 is 20.1 Å². The molecule has 4 nitrogen and oxygen atoms in total. The van der Waals surface area contributed by atoms with Crippen molar-refractivity contribution in [1.82, 2.24) is 0 Å². The molecule has 0 fully saturated rings. The van der Waals surface area contributed by atoms with E-state index in [0.717, 1.165) is 6.92 Å². The lowest BCUT2D eigenvalue weighted by Crippen LogP contribution is -2.52. The summed E-state index contributed by atoms with van der Waals surface area (Å²) >= 11 is 0. The van der Waals surface area contributed by atoms with Crippen molar-refractivity contribution in [2.75, 3.05) is 0 Å². The highest BCUT2D eigenvalue weighted by molar-refractivity contribution is 5.62. The Hall–Kier alpha value is -0.610. The SMILES string of the molecule is CC(=O)O.CC(C)(O)C(C)(C)C(C)(C)O. The quantitative estimate of drug-likeness (QED) is 0.661. The summed E-state index contributed by atoms with van der Waals surface area (Å²) in [7, 11) is 0. The summed E-state index contributed by atoms with van der Waals surface area (Å²) < 4.78 is 0. The average molecular weight is 220 g/mol. The Morgan fingerprint density at radius 2 is 1.00 bits per heavy atom. The fourth-order valence-corrected chi connectivity index (χ4v) is 0.749. The van der Waals surface area contributed by atoms with Crippen LogP contribution in [0.5, 0.6) is 0 Å². The monoisotopic (exact) mass is 220 g/mol. The van der Waals surface area contributed by atoms with Gasteiger partial charge in [-0.3, -0.25) is 4.79 Å². The largest absolute Gasteiger partial charge is 0.481 e. The Morgan fingerprint density at radius 1 is 0.867 bits per heavy atom. The number of hydrogen-bond acceptors (Lipinski definition) is 3. The highest BCUT2D eigenvalue weighted by Gasteiger charge is 2.46. The molecule has 0 saturated carbocycles. The molecule has 0 atom stereocenters. The summed E-state index contributed by atoms with van der Waals surface area (Å²) in [5.74, 6) is -0.833. The Bertz CT molecular complexity index is 186. The highest BCUT2D eigenvalue weighted by Crippen LogP contribution is 2.40. The van der Waals surface area contributed by atoms with Gasteiger partial charge in [0.2, 0.25) is 0 Å². The van der Waals surface area contributed by atoms with Crippen LogP contribution in [0.15, 0.2) is 0 Å². The molecule has 4 heteroatoms. The van der Waals surface area contributed by atoms with E-state index in [1.807, 2.05) is 13.8 Å². The first-order chi connectivity index (χ1) is 6.23. The zero-order valence-corrected chi connectivity index (χ0v) is 10.7. The zero-order valence-electron chi connectivity index (χ0n) is 10.7. The molecule has 0 unspecified atom stereocenters. The summed E-state index contributed by atoms with van der Waals surface area (Å²) in [5, 5.41) is 26.9. The van der Waals surface area contributed by atoms with E-state index in [1.165, 1.54) is 0 Å². The molecule has 0 spiro atoms. The molecule has 0 aromatic heterocycles. The minimum Gasteiger partial charge on any atom is -0.481 e. The molecule has 3 N–H and O–H groups in total. The van der Waals surface area contributed by atoms with Crippen LogP contribution in [-0.2, 0) is 4.79 Å².